The van der Waals surface area contributed by atoms with Gasteiger partial charge in [-0.1, -0.05) is 163 Å². The summed E-state index contributed by atoms with van der Waals surface area (Å²) in [6, 6.07) is 0. The Hall–Kier alpha value is -2.85. The topological polar surface area (TPSA) is 149 Å². The lowest BCUT2D eigenvalue weighted by molar-refractivity contribution is -0.161. The molecule has 0 aliphatic heterocycles. The molecule has 3 N–H and O–H groups in total. The van der Waals surface area contributed by atoms with Gasteiger partial charge in [-0.05, 0) is 89.9 Å². The highest BCUT2D eigenvalue weighted by molar-refractivity contribution is 7.47. The van der Waals surface area contributed by atoms with Gasteiger partial charge in [0.1, 0.15) is 12.7 Å². The van der Waals surface area contributed by atoms with Crippen LogP contribution in [0.15, 0.2) is 85.1 Å². The van der Waals surface area contributed by atoms with Crippen LogP contribution in [0.2, 0.25) is 0 Å². The summed E-state index contributed by atoms with van der Waals surface area (Å²) in [7, 11) is -4.64. The highest BCUT2D eigenvalue weighted by atomic mass is 31.2. The minimum Gasteiger partial charge on any atom is -0.462 e. The summed E-state index contributed by atoms with van der Waals surface area (Å²) in [4.78, 5) is 35.1. The van der Waals surface area contributed by atoms with E-state index in [1.165, 1.54) is 57.8 Å². The lowest BCUT2D eigenvalue weighted by Gasteiger charge is -2.20. The van der Waals surface area contributed by atoms with Crippen molar-refractivity contribution in [3.63, 3.8) is 0 Å². The van der Waals surface area contributed by atoms with E-state index in [4.69, 9.17) is 23.6 Å². The van der Waals surface area contributed by atoms with Crippen LogP contribution in [0, 0.1) is 0 Å². The summed E-state index contributed by atoms with van der Waals surface area (Å²) in [6.07, 6.45) is 54.0. The first-order valence-corrected chi connectivity index (χ1v) is 25.0. The quantitative estimate of drug-likeness (QED) is 0.0234. The van der Waals surface area contributed by atoms with Crippen LogP contribution in [0.3, 0.4) is 0 Å². The third-order valence-electron chi connectivity index (χ3n) is 9.53. The van der Waals surface area contributed by atoms with Gasteiger partial charge in [0, 0.05) is 12.8 Å². The third kappa shape index (κ3) is 45.0. The summed E-state index contributed by atoms with van der Waals surface area (Å²) in [5.41, 5.74) is 0. The molecule has 0 aliphatic rings. The van der Waals surface area contributed by atoms with Crippen molar-refractivity contribution in [3.8, 4) is 0 Å². The number of unbranched alkanes of at least 4 members (excludes halogenated alkanes) is 15. The molecular weight excluding hydrogens is 792 g/mol. The van der Waals surface area contributed by atoms with E-state index >= 15 is 0 Å². The van der Waals surface area contributed by atoms with Gasteiger partial charge in [-0.3, -0.25) is 18.6 Å². The first kappa shape index (κ1) is 58.1. The average molecular weight is 877 g/mol. The SMILES string of the molecule is CC/C=C/C/C=C/C/C=C/C/C=C/C/C=C/CCCCCC(=O)OC[C@H](COP(=O)(O)OC[C@@H](O)CO)OC(=O)CCCCCCCCCCC/C=C/C/C=C/CCCCC. The smallest absolute Gasteiger partial charge is 0.462 e. The second-order valence-electron chi connectivity index (χ2n) is 15.4. The van der Waals surface area contributed by atoms with Gasteiger partial charge in [-0.25, -0.2) is 4.57 Å². The second kappa shape index (κ2) is 45.2. The maximum Gasteiger partial charge on any atom is 0.472 e. The number of hydrogen-bond acceptors (Lipinski definition) is 9. The fraction of sp³-hybridized carbons (Fsp3) is 0.680. The fourth-order valence-electron chi connectivity index (χ4n) is 5.93. The molecular formula is C50H85O10P. The Morgan fingerprint density at radius 3 is 1.38 bits per heavy atom. The molecule has 0 saturated carbocycles. The molecule has 10 nitrogen and oxygen atoms in total. The van der Waals surface area contributed by atoms with Crippen molar-refractivity contribution in [1.82, 2.24) is 0 Å². The van der Waals surface area contributed by atoms with E-state index < -0.39 is 51.8 Å². The minimum absolute atomic E-state index is 0.167. The Labute approximate surface area is 371 Å². The zero-order chi connectivity index (χ0) is 44.8. The number of esters is 2. The summed E-state index contributed by atoms with van der Waals surface area (Å²) in [6.45, 7) is 2.20. The molecule has 3 atom stereocenters. The van der Waals surface area contributed by atoms with Crippen molar-refractivity contribution < 1.29 is 47.8 Å². The normalized spacial score (nSPS) is 14.5. The van der Waals surface area contributed by atoms with E-state index in [1.807, 2.05) is 0 Å². The molecule has 0 amide bonds. The summed E-state index contributed by atoms with van der Waals surface area (Å²) in [5, 5.41) is 18.4. The molecule has 0 heterocycles. The second-order valence-corrected chi connectivity index (χ2v) is 16.8. The number of carbonyl (C=O) groups is 2. The number of carbonyl (C=O) groups excluding carboxylic acids is 2. The van der Waals surface area contributed by atoms with Crippen molar-refractivity contribution in [2.45, 2.75) is 193 Å². The van der Waals surface area contributed by atoms with Crippen LogP contribution in [-0.2, 0) is 32.7 Å². The van der Waals surface area contributed by atoms with Crippen LogP contribution in [0.1, 0.15) is 181 Å². The number of hydrogen-bond donors (Lipinski definition) is 3. The molecule has 0 fully saturated rings. The number of allylic oxidation sites excluding steroid dienone is 14. The standard InChI is InChI=1S/C50H85O10P/c1-3-5-7-9-11-13-15-17-19-21-23-25-27-29-31-33-35-37-39-41-49(53)57-45-48(46-59-61(55,56)58-44-47(52)43-51)60-50(54)42-40-38-36-34-32-30-28-26-24-22-20-18-16-14-12-10-8-6-4-2/h5,7,11-14,17-20,23,25,29,31,47-48,51-52H,3-4,6,8-10,15-16,21-22,24,26-28,30,32-46H2,1-2H3,(H,55,56)/b7-5+,13-11+,14-12+,19-17+,20-18+,25-23+,31-29+/t47-,48+/m0/s1. The first-order chi connectivity index (χ1) is 29.7. The number of aliphatic hydroxyl groups excluding tert-OH is 2. The molecule has 0 bridgehead atoms. The molecule has 0 spiro atoms. The molecule has 0 aromatic carbocycles. The van der Waals surface area contributed by atoms with Gasteiger partial charge in [-0.2, -0.15) is 0 Å². The van der Waals surface area contributed by atoms with E-state index in [1.54, 1.807) is 0 Å². The molecule has 350 valence electrons. The number of ether oxygens (including phenoxy) is 2. The van der Waals surface area contributed by atoms with Crippen LogP contribution in [-0.4, -0.2) is 65.7 Å². The van der Waals surface area contributed by atoms with Crippen LogP contribution < -0.4 is 0 Å². The van der Waals surface area contributed by atoms with Crippen molar-refractivity contribution in [1.29, 1.82) is 0 Å². The zero-order valence-corrected chi connectivity index (χ0v) is 39.0. The Morgan fingerprint density at radius 1 is 0.508 bits per heavy atom. The van der Waals surface area contributed by atoms with E-state index in [2.05, 4.69) is 98.9 Å². The molecule has 1 unspecified atom stereocenters. The van der Waals surface area contributed by atoms with Gasteiger partial charge >= 0.3 is 19.8 Å². The lowest BCUT2D eigenvalue weighted by Crippen LogP contribution is -2.29. The Morgan fingerprint density at radius 2 is 0.902 bits per heavy atom. The minimum atomic E-state index is -4.64. The fourth-order valence-corrected chi connectivity index (χ4v) is 6.72. The third-order valence-corrected chi connectivity index (χ3v) is 10.5. The van der Waals surface area contributed by atoms with Crippen LogP contribution in [0.4, 0.5) is 0 Å². The first-order valence-electron chi connectivity index (χ1n) is 23.5. The van der Waals surface area contributed by atoms with E-state index in [0.717, 1.165) is 83.5 Å². The van der Waals surface area contributed by atoms with Gasteiger partial charge in [-0.15, -0.1) is 0 Å². The van der Waals surface area contributed by atoms with Crippen molar-refractivity contribution in [2.75, 3.05) is 26.4 Å². The highest BCUT2D eigenvalue weighted by Gasteiger charge is 2.27. The highest BCUT2D eigenvalue weighted by Crippen LogP contribution is 2.43. The van der Waals surface area contributed by atoms with Crippen molar-refractivity contribution in [2.24, 2.45) is 0 Å². The summed E-state index contributed by atoms with van der Waals surface area (Å²) in [5.74, 6) is -0.972. The summed E-state index contributed by atoms with van der Waals surface area (Å²) < 4.78 is 32.8. The number of aliphatic hydroxyl groups is 2. The van der Waals surface area contributed by atoms with Gasteiger partial charge in [0.2, 0.25) is 0 Å². The summed E-state index contributed by atoms with van der Waals surface area (Å²) >= 11 is 0. The van der Waals surface area contributed by atoms with E-state index in [0.29, 0.717) is 12.8 Å². The maximum absolute atomic E-state index is 12.7. The maximum atomic E-state index is 12.7. The zero-order valence-electron chi connectivity index (χ0n) is 38.1. The molecule has 0 aromatic rings. The molecule has 0 saturated heterocycles. The lowest BCUT2D eigenvalue weighted by atomic mass is 10.1. The molecule has 0 aromatic heterocycles. The molecule has 0 aliphatic carbocycles. The van der Waals surface area contributed by atoms with Gasteiger partial charge in [0.25, 0.3) is 0 Å². The predicted octanol–water partition coefficient (Wildman–Crippen LogP) is 13.0. The predicted molar refractivity (Wildman–Crippen MR) is 251 cm³/mol. The van der Waals surface area contributed by atoms with Crippen molar-refractivity contribution in [3.05, 3.63) is 85.1 Å². The molecule has 11 heteroatoms. The monoisotopic (exact) mass is 877 g/mol. The number of phosphoric acid groups is 1. The average Bonchev–Trinajstić information content (AvgIpc) is 3.25. The number of rotatable bonds is 43. The van der Waals surface area contributed by atoms with Gasteiger partial charge in [0.15, 0.2) is 6.10 Å². The van der Waals surface area contributed by atoms with E-state index in [9.17, 15) is 24.2 Å². The van der Waals surface area contributed by atoms with Gasteiger partial charge < -0.3 is 24.6 Å². The van der Waals surface area contributed by atoms with E-state index in [-0.39, 0.29) is 19.4 Å². The Bertz CT molecular complexity index is 1280. The number of phosphoric ester groups is 1. The van der Waals surface area contributed by atoms with Crippen molar-refractivity contribution >= 4 is 19.8 Å². The van der Waals surface area contributed by atoms with Crippen LogP contribution in [0.25, 0.3) is 0 Å². The van der Waals surface area contributed by atoms with Crippen LogP contribution >= 0.6 is 7.82 Å². The van der Waals surface area contributed by atoms with Crippen LogP contribution in [0.5, 0.6) is 0 Å². The molecule has 61 heavy (non-hydrogen) atoms. The molecule has 0 radical (unpaired) electrons. The molecule has 0 rings (SSSR count). The largest absolute Gasteiger partial charge is 0.472 e. The van der Waals surface area contributed by atoms with Gasteiger partial charge in [0.05, 0.1) is 19.8 Å². The Kier molecular flexibility index (Phi) is 43.1. The Balaban J connectivity index is 4.33.